The first kappa shape index (κ1) is 12.3. The van der Waals surface area contributed by atoms with Crippen molar-refractivity contribution in [1.29, 1.82) is 5.41 Å². The van der Waals surface area contributed by atoms with Crippen LogP contribution in [0.1, 0.15) is 6.23 Å². The lowest BCUT2D eigenvalue weighted by atomic mass is 10.1. The Morgan fingerprint density at radius 2 is 2.29 bits per heavy atom. The van der Waals surface area contributed by atoms with Crippen molar-refractivity contribution in [3.05, 3.63) is 17.8 Å². The number of nitrogens with one attached hydrogen (secondary N) is 1. The van der Waals surface area contributed by atoms with Gasteiger partial charge in [-0.15, -0.1) is 0 Å². The lowest BCUT2D eigenvalue weighted by molar-refractivity contribution is -0.130. The van der Waals surface area contributed by atoms with Crippen LogP contribution in [0.3, 0.4) is 0 Å². The number of aliphatic hydroxyl groups excluding tert-OH is 2. The molecule has 0 radical (unpaired) electrons. The van der Waals surface area contributed by atoms with E-state index in [1.807, 2.05) is 0 Å². The molecule has 7 nitrogen and oxygen atoms in total. The second kappa shape index (κ2) is 4.26. The molecule has 4 atom stereocenters. The average molecular weight is 261 g/mol. The van der Waals surface area contributed by atoms with Crippen molar-refractivity contribution >= 4 is 0 Å². The van der Waals surface area contributed by atoms with Crippen LogP contribution in [0.15, 0.2) is 12.3 Å². The van der Waals surface area contributed by atoms with Crippen LogP contribution in [-0.4, -0.2) is 38.8 Å². The van der Waals surface area contributed by atoms with Crippen LogP contribution in [0.2, 0.25) is 0 Å². The van der Waals surface area contributed by atoms with E-state index >= 15 is 0 Å². The number of aromatic nitrogens is 2. The highest BCUT2D eigenvalue weighted by Gasteiger charge is 2.50. The minimum atomic E-state index is -1.03. The average Bonchev–Trinajstić information content (AvgIpc) is 2.71. The van der Waals surface area contributed by atoms with E-state index in [9.17, 15) is 5.11 Å². The predicted octanol–water partition coefficient (Wildman–Crippen LogP) is -4.42. The first-order chi connectivity index (χ1) is 7.70. The molecule has 0 aliphatic carbocycles. The summed E-state index contributed by atoms with van der Waals surface area (Å²) in [6.07, 6.45) is -0.331. The van der Waals surface area contributed by atoms with Crippen molar-refractivity contribution in [3.8, 4) is 6.01 Å². The van der Waals surface area contributed by atoms with Gasteiger partial charge in [0.2, 0.25) is 0 Å². The van der Waals surface area contributed by atoms with E-state index < -0.39 is 24.5 Å². The third-order valence-corrected chi connectivity index (χ3v) is 2.90. The molecule has 2 aliphatic heterocycles. The highest BCUT2D eigenvalue weighted by Crippen LogP contribution is 2.40. The van der Waals surface area contributed by atoms with E-state index in [0.29, 0.717) is 0 Å². The Kier molecular flexibility index (Phi) is 3.09. The Morgan fingerprint density at radius 1 is 1.53 bits per heavy atom. The molecule has 17 heavy (non-hydrogen) atoms. The summed E-state index contributed by atoms with van der Waals surface area (Å²) in [5, 5.41) is 26.0. The maximum absolute atomic E-state index is 9.54. The molecule has 0 bridgehead atoms. The number of aliphatic hydroxyl groups is 2. The van der Waals surface area contributed by atoms with E-state index in [1.54, 1.807) is 10.8 Å². The van der Waals surface area contributed by atoms with Gasteiger partial charge in [-0.1, -0.05) is 0 Å². The molecule has 3 heterocycles. The number of hydrogen-bond acceptors (Lipinski definition) is 6. The SMILES string of the molecule is N=c1ccn2c(n1)OC1C(CO)C(O)OC12.[Cl-]. The van der Waals surface area contributed by atoms with Gasteiger partial charge >= 0.3 is 6.01 Å². The quantitative estimate of drug-likeness (QED) is 0.473. The molecule has 0 amide bonds. The van der Waals surface area contributed by atoms with Gasteiger partial charge in [0, 0.05) is 6.20 Å². The Labute approximate surface area is 103 Å². The van der Waals surface area contributed by atoms with Gasteiger partial charge in [-0.25, -0.2) is 0 Å². The van der Waals surface area contributed by atoms with Gasteiger partial charge < -0.3 is 32.1 Å². The number of halogens is 1. The van der Waals surface area contributed by atoms with E-state index in [4.69, 9.17) is 20.0 Å². The molecule has 0 saturated carbocycles. The highest BCUT2D eigenvalue weighted by atomic mass is 35.5. The van der Waals surface area contributed by atoms with Crippen molar-refractivity contribution in [2.24, 2.45) is 5.92 Å². The summed E-state index contributed by atoms with van der Waals surface area (Å²) in [6, 6.07) is 1.80. The zero-order chi connectivity index (χ0) is 11.3. The Morgan fingerprint density at radius 3 is 3.00 bits per heavy atom. The van der Waals surface area contributed by atoms with Crippen LogP contribution in [0, 0.1) is 11.3 Å². The van der Waals surface area contributed by atoms with Gasteiger partial charge in [0.05, 0.1) is 12.5 Å². The van der Waals surface area contributed by atoms with Crippen molar-refractivity contribution in [2.75, 3.05) is 6.61 Å². The van der Waals surface area contributed by atoms with Crippen molar-refractivity contribution in [3.63, 3.8) is 0 Å². The van der Waals surface area contributed by atoms with Crippen LogP contribution < -0.4 is 22.6 Å². The van der Waals surface area contributed by atoms with Gasteiger partial charge in [0.25, 0.3) is 0 Å². The van der Waals surface area contributed by atoms with Gasteiger partial charge in [-0.2, -0.15) is 4.98 Å². The van der Waals surface area contributed by atoms with Crippen LogP contribution >= 0.6 is 0 Å². The highest BCUT2D eigenvalue weighted by molar-refractivity contribution is 5.09. The van der Waals surface area contributed by atoms with Crippen LogP contribution in [-0.2, 0) is 4.74 Å². The molecular weight excluding hydrogens is 250 g/mol. The van der Waals surface area contributed by atoms with Crippen LogP contribution in [0.5, 0.6) is 6.01 Å². The summed E-state index contributed by atoms with van der Waals surface area (Å²) in [6.45, 7) is -0.218. The fourth-order valence-electron chi connectivity index (χ4n) is 2.07. The number of fused-ring (bicyclic) bond motifs is 3. The smallest absolute Gasteiger partial charge is 0.300 e. The Balaban J connectivity index is 0.00000108. The van der Waals surface area contributed by atoms with E-state index in [-0.39, 0.29) is 30.5 Å². The summed E-state index contributed by atoms with van der Waals surface area (Å²) >= 11 is 0. The summed E-state index contributed by atoms with van der Waals surface area (Å²) < 4.78 is 12.4. The normalized spacial score (nSPS) is 33.5. The molecule has 8 heteroatoms. The molecular formula is C9H11ClN3O4-. The molecule has 94 valence electrons. The fraction of sp³-hybridized carbons (Fsp3) is 0.556. The molecule has 0 aromatic carbocycles. The lowest BCUT2D eigenvalue weighted by Crippen LogP contribution is -3.00. The molecule has 3 N–H and O–H groups in total. The maximum atomic E-state index is 9.54. The first-order valence-corrected chi connectivity index (χ1v) is 4.95. The number of hydrogen-bond donors (Lipinski definition) is 3. The third-order valence-electron chi connectivity index (χ3n) is 2.90. The zero-order valence-corrected chi connectivity index (χ0v) is 9.41. The van der Waals surface area contributed by atoms with Crippen molar-refractivity contribution < 1.29 is 32.1 Å². The number of ether oxygens (including phenoxy) is 2. The van der Waals surface area contributed by atoms with Crippen molar-refractivity contribution in [2.45, 2.75) is 18.6 Å². The first-order valence-electron chi connectivity index (χ1n) is 4.95. The Bertz CT molecular complexity index is 480. The largest absolute Gasteiger partial charge is 1.00 e. The molecule has 1 saturated heterocycles. The molecule has 4 unspecified atom stereocenters. The van der Waals surface area contributed by atoms with E-state index in [1.165, 1.54) is 6.07 Å². The fourth-order valence-corrected chi connectivity index (χ4v) is 2.07. The number of nitrogens with zero attached hydrogens (tertiary/aromatic N) is 2. The zero-order valence-electron chi connectivity index (χ0n) is 8.65. The van der Waals surface area contributed by atoms with Gasteiger partial charge in [-0.3, -0.25) is 9.98 Å². The minimum absolute atomic E-state index is 0. The summed E-state index contributed by atoms with van der Waals surface area (Å²) in [5.74, 6) is -0.485. The molecule has 0 spiro atoms. The summed E-state index contributed by atoms with van der Waals surface area (Å²) in [7, 11) is 0. The third kappa shape index (κ3) is 1.71. The van der Waals surface area contributed by atoms with E-state index in [2.05, 4.69) is 4.98 Å². The van der Waals surface area contributed by atoms with Crippen LogP contribution in [0.25, 0.3) is 0 Å². The maximum Gasteiger partial charge on any atom is 0.300 e. The molecule has 1 aromatic heterocycles. The Hall–Kier alpha value is -1.15. The second-order valence-corrected chi connectivity index (χ2v) is 3.85. The number of rotatable bonds is 1. The van der Waals surface area contributed by atoms with Crippen molar-refractivity contribution in [1.82, 2.24) is 9.55 Å². The topological polar surface area (TPSA) is 101 Å². The van der Waals surface area contributed by atoms with Crippen LogP contribution in [0.4, 0.5) is 0 Å². The minimum Gasteiger partial charge on any atom is -1.00 e. The van der Waals surface area contributed by atoms with E-state index in [0.717, 1.165) is 0 Å². The van der Waals surface area contributed by atoms with Gasteiger partial charge in [0.15, 0.2) is 24.1 Å². The summed E-state index contributed by atoms with van der Waals surface area (Å²) in [5.41, 5.74) is 0.104. The predicted molar refractivity (Wildman–Crippen MR) is 49.2 cm³/mol. The molecule has 1 fully saturated rings. The molecule has 1 aromatic rings. The molecule has 2 aliphatic rings. The monoisotopic (exact) mass is 260 g/mol. The lowest BCUT2D eigenvalue weighted by Gasteiger charge is -2.14. The standard InChI is InChI=1S/C9H11N3O4.ClH/c10-5-1-2-12-7-6(15-9(12)11-5)4(3-13)8(14)16-7;/h1-2,4,6-8,10,13-14H,3H2;1H/p-1. The second-order valence-electron chi connectivity index (χ2n) is 3.85. The van der Waals surface area contributed by atoms with Gasteiger partial charge in [0.1, 0.15) is 0 Å². The molecule has 3 rings (SSSR count). The summed E-state index contributed by atoms with van der Waals surface area (Å²) in [4.78, 5) is 3.89. The van der Waals surface area contributed by atoms with Gasteiger partial charge in [-0.05, 0) is 6.07 Å².